The van der Waals surface area contributed by atoms with Crippen molar-refractivity contribution in [1.82, 2.24) is 14.7 Å². The van der Waals surface area contributed by atoms with Crippen LogP contribution in [-0.2, 0) is 16.4 Å². The Hall–Kier alpha value is -1.45. The van der Waals surface area contributed by atoms with E-state index in [4.69, 9.17) is 5.84 Å². The van der Waals surface area contributed by atoms with Gasteiger partial charge in [0.05, 0.1) is 5.75 Å². The SMILES string of the molecule is CCc1nc(NN)c(C)c(NCCS(=O)(=O)NC)n1. The van der Waals surface area contributed by atoms with Crippen LogP contribution in [0.15, 0.2) is 0 Å². The van der Waals surface area contributed by atoms with E-state index < -0.39 is 10.0 Å². The van der Waals surface area contributed by atoms with Crippen LogP contribution < -0.4 is 21.3 Å². The van der Waals surface area contributed by atoms with Crippen LogP contribution >= 0.6 is 0 Å². The first-order chi connectivity index (χ1) is 8.93. The maximum Gasteiger partial charge on any atom is 0.213 e. The molecule has 0 saturated carbocycles. The zero-order chi connectivity index (χ0) is 14.5. The van der Waals surface area contributed by atoms with Crippen molar-refractivity contribution in [3.05, 3.63) is 11.4 Å². The number of hydrazine groups is 1. The van der Waals surface area contributed by atoms with Crippen LogP contribution in [-0.4, -0.2) is 37.7 Å². The third-order valence-electron chi connectivity index (χ3n) is 2.62. The molecular formula is C10H20N6O2S. The lowest BCUT2D eigenvalue weighted by molar-refractivity contribution is 0.588. The predicted octanol–water partition coefficient (Wildman–Crippen LogP) is -0.406. The summed E-state index contributed by atoms with van der Waals surface area (Å²) in [6.45, 7) is 4.00. The minimum Gasteiger partial charge on any atom is -0.369 e. The Labute approximate surface area is 113 Å². The van der Waals surface area contributed by atoms with E-state index in [1.54, 1.807) is 0 Å². The molecule has 8 nitrogen and oxygen atoms in total. The zero-order valence-electron chi connectivity index (χ0n) is 11.3. The van der Waals surface area contributed by atoms with Crippen molar-refractivity contribution in [1.29, 1.82) is 0 Å². The number of hydrogen-bond acceptors (Lipinski definition) is 7. The molecule has 19 heavy (non-hydrogen) atoms. The van der Waals surface area contributed by atoms with Gasteiger partial charge in [0, 0.05) is 18.5 Å². The van der Waals surface area contributed by atoms with Gasteiger partial charge in [0.2, 0.25) is 10.0 Å². The summed E-state index contributed by atoms with van der Waals surface area (Å²) in [4.78, 5) is 8.54. The molecule has 1 heterocycles. The Kier molecular flexibility index (Phi) is 5.45. The third kappa shape index (κ3) is 4.30. The first kappa shape index (κ1) is 15.6. The zero-order valence-corrected chi connectivity index (χ0v) is 12.1. The molecule has 0 spiro atoms. The van der Waals surface area contributed by atoms with Gasteiger partial charge in [-0.25, -0.2) is 29.0 Å². The van der Waals surface area contributed by atoms with E-state index in [-0.39, 0.29) is 12.3 Å². The average Bonchev–Trinajstić information content (AvgIpc) is 2.40. The van der Waals surface area contributed by atoms with E-state index in [1.165, 1.54) is 7.05 Å². The fourth-order valence-electron chi connectivity index (χ4n) is 1.44. The van der Waals surface area contributed by atoms with Gasteiger partial charge >= 0.3 is 0 Å². The van der Waals surface area contributed by atoms with Crippen LogP contribution in [0.25, 0.3) is 0 Å². The molecule has 1 aromatic heterocycles. The highest BCUT2D eigenvalue weighted by molar-refractivity contribution is 7.89. The van der Waals surface area contributed by atoms with E-state index >= 15 is 0 Å². The highest BCUT2D eigenvalue weighted by Crippen LogP contribution is 2.19. The Morgan fingerprint density at radius 2 is 1.89 bits per heavy atom. The van der Waals surface area contributed by atoms with Crippen LogP contribution in [0, 0.1) is 6.92 Å². The molecule has 0 atom stereocenters. The normalized spacial score (nSPS) is 11.4. The van der Waals surface area contributed by atoms with Crippen LogP contribution in [0.5, 0.6) is 0 Å². The summed E-state index contributed by atoms with van der Waals surface area (Å²) < 4.78 is 24.9. The number of nitrogens with one attached hydrogen (secondary N) is 3. The second-order valence-corrected chi connectivity index (χ2v) is 5.96. The van der Waals surface area contributed by atoms with Crippen LogP contribution in [0.3, 0.4) is 0 Å². The van der Waals surface area contributed by atoms with Crippen molar-refractivity contribution in [3.63, 3.8) is 0 Å². The average molecular weight is 288 g/mol. The van der Waals surface area contributed by atoms with E-state index in [2.05, 4.69) is 25.4 Å². The van der Waals surface area contributed by atoms with Crippen molar-refractivity contribution in [2.75, 3.05) is 30.1 Å². The molecule has 5 N–H and O–H groups in total. The maximum absolute atomic E-state index is 11.3. The minimum atomic E-state index is -3.23. The summed E-state index contributed by atoms with van der Waals surface area (Å²) in [5.74, 6) is 7.12. The van der Waals surface area contributed by atoms with Crippen LogP contribution in [0.2, 0.25) is 0 Å². The monoisotopic (exact) mass is 288 g/mol. The Morgan fingerprint density at radius 1 is 1.26 bits per heavy atom. The summed E-state index contributed by atoms with van der Waals surface area (Å²) in [5, 5.41) is 2.99. The van der Waals surface area contributed by atoms with Gasteiger partial charge in [-0.3, -0.25) is 0 Å². The molecular weight excluding hydrogens is 268 g/mol. The molecule has 0 saturated heterocycles. The van der Waals surface area contributed by atoms with Gasteiger partial charge in [0.1, 0.15) is 17.5 Å². The number of aryl methyl sites for hydroxylation is 1. The Balaban J connectivity index is 2.83. The lowest BCUT2D eigenvalue weighted by atomic mass is 10.3. The van der Waals surface area contributed by atoms with E-state index in [1.807, 2.05) is 13.8 Å². The molecule has 0 bridgehead atoms. The highest BCUT2D eigenvalue weighted by atomic mass is 32.2. The number of nitrogen functional groups attached to an aromatic ring is 1. The summed E-state index contributed by atoms with van der Waals surface area (Å²) >= 11 is 0. The van der Waals surface area contributed by atoms with Gasteiger partial charge in [-0.05, 0) is 14.0 Å². The Bertz CT molecular complexity index is 531. The Morgan fingerprint density at radius 3 is 2.42 bits per heavy atom. The topological polar surface area (TPSA) is 122 Å². The van der Waals surface area contributed by atoms with Gasteiger partial charge in [-0.15, -0.1) is 0 Å². The lowest BCUT2D eigenvalue weighted by Crippen LogP contribution is -2.26. The van der Waals surface area contributed by atoms with Crippen molar-refractivity contribution in [3.8, 4) is 0 Å². The highest BCUT2D eigenvalue weighted by Gasteiger charge is 2.11. The van der Waals surface area contributed by atoms with Crippen LogP contribution in [0.1, 0.15) is 18.3 Å². The van der Waals surface area contributed by atoms with E-state index in [9.17, 15) is 8.42 Å². The van der Waals surface area contributed by atoms with E-state index in [0.717, 1.165) is 5.56 Å². The van der Waals surface area contributed by atoms with Crippen LogP contribution in [0.4, 0.5) is 11.6 Å². The van der Waals surface area contributed by atoms with Gasteiger partial charge in [-0.2, -0.15) is 0 Å². The molecule has 0 radical (unpaired) electrons. The third-order valence-corrected chi connectivity index (χ3v) is 3.98. The number of sulfonamides is 1. The molecule has 0 aliphatic rings. The van der Waals surface area contributed by atoms with Crippen molar-refractivity contribution < 1.29 is 8.42 Å². The number of aromatic nitrogens is 2. The maximum atomic E-state index is 11.3. The molecule has 0 amide bonds. The number of nitrogens with zero attached hydrogens (tertiary/aromatic N) is 2. The van der Waals surface area contributed by atoms with E-state index in [0.29, 0.717) is 23.9 Å². The molecule has 1 aromatic rings. The van der Waals surface area contributed by atoms with Gasteiger partial charge in [-0.1, -0.05) is 6.92 Å². The van der Waals surface area contributed by atoms with Gasteiger partial charge < -0.3 is 10.7 Å². The second kappa shape index (κ2) is 6.64. The van der Waals surface area contributed by atoms with Crippen molar-refractivity contribution in [2.45, 2.75) is 20.3 Å². The smallest absolute Gasteiger partial charge is 0.213 e. The number of nitrogens with two attached hydrogens (primary N) is 1. The second-order valence-electron chi connectivity index (χ2n) is 3.91. The fraction of sp³-hybridized carbons (Fsp3) is 0.600. The summed E-state index contributed by atoms with van der Waals surface area (Å²) in [5.41, 5.74) is 3.26. The number of anilines is 2. The molecule has 0 unspecified atom stereocenters. The minimum absolute atomic E-state index is 0.0280. The summed E-state index contributed by atoms with van der Waals surface area (Å²) in [6, 6.07) is 0. The fourth-order valence-corrected chi connectivity index (χ4v) is 2.01. The molecule has 1 rings (SSSR count). The van der Waals surface area contributed by atoms with Crippen molar-refractivity contribution in [2.24, 2.45) is 5.84 Å². The predicted molar refractivity (Wildman–Crippen MR) is 75.3 cm³/mol. The standard InChI is InChI=1S/C10H20N6O2S/c1-4-8-14-9(7(2)10(15-8)16-11)13-5-6-19(17,18)12-3/h12H,4-6,11H2,1-3H3,(H2,13,14,15,16). The molecule has 0 aliphatic carbocycles. The first-order valence-corrected chi connectivity index (χ1v) is 7.58. The molecule has 0 aliphatic heterocycles. The van der Waals surface area contributed by atoms with Crippen molar-refractivity contribution >= 4 is 21.7 Å². The van der Waals surface area contributed by atoms with Gasteiger partial charge in [0.25, 0.3) is 0 Å². The van der Waals surface area contributed by atoms with Gasteiger partial charge in [0.15, 0.2) is 0 Å². The first-order valence-electron chi connectivity index (χ1n) is 5.92. The lowest BCUT2D eigenvalue weighted by Gasteiger charge is -2.13. The summed E-state index contributed by atoms with van der Waals surface area (Å²) in [6.07, 6.45) is 0.665. The largest absolute Gasteiger partial charge is 0.369 e. The number of rotatable bonds is 7. The number of hydrogen-bond donors (Lipinski definition) is 4. The molecule has 0 fully saturated rings. The molecule has 108 valence electrons. The molecule has 9 heteroatoms. The molecule has 0 aromatic carbocycles. The quantitative estimate of drug-likeness (QED) is 0.397. The summed E-state index contributed by atoms with van der Waals surface area (Å²) in [7, 11) is -1.84.